The van der Waals surface area contributed by atoms with Gasteiger partial charge in [0, 0.05) is 6.54 Å². The second-order valence-electron chi connectivity index (χ2n) is 4.32. The van der Waals surface area contributed by atoms with Crippen LogP contribution >= 0.6 is 12.4 Å². The SMILES string of the molecule is Cl.O=c1[nH]c2ccccc2n1[C@H]1CCCNC1. The van der Waals surface area contributed by atoms with E-state index in [0.29, 0.717) is 0 Å². The average molecular weight is 254 g/mol. The van der Waals surface area contributed by atoms with Crippen molar-refractivity contribution in [3.05, 3.63) is 34.7 Å². The average Bonchev–Trinajstić information content (AvgIpc) is 2.66. The first-order chi connectivity index (χ1) is 7.86. The first-order valence-corrected chi connectivity index (χ1v) is 5.76. The number of H-pyrrole nitrogens is 1. The number of nitrogens with one attached hydrogen (secondary N) is 2. The van der Waals surface area contributed by atoms with Gasteiger partial charge in [-0.2, -0.15) is 0 Å². The van der Waals surface area contributed by atoms with Gasteiger partial charge in [0.05, 0.1) is 17.1 Å². The van der Waals surface area contributed by atoms with E-state index >= 15 is 0 Å². The van der Waals surface area contributed by atoms with E-state index in [1.807, 2.05) is 28.8 Å². The number of benzene rings is 1. The van der Waals surface area contributed by atoms with Gasteiger partial charge in [0.2, 0.25) is 0 Å². The molecule has 17 heavy (non-hydrogen) atoms. The topological polar surface area (TPSA) is 49.8 Å². The van der Waals surface area contributed by atoms with Gasteiger partial charge < -0.3 is 10.3 Å². The molecule has 0 aliphatic carbocycles. The van der Waals surface area contributed by atoms with Gasteiger partial charge in [-0.25, -0.2) is 4.79 Å². The standard InChI is InChI=1S/C12H15N3O.ClH/c16-12-14-10-5-1-2-6-11(10)15(12)9-4-3-7-13-8-9;/h1-2,5-6,9,13H,3-4,7-8H2,(H,14,16);1H/t9-;/m0./s1. The van der Waals surface area contributed by atoms with Crippen molar-refractivity contribution < 1.29 is 0 Å². The highest BCUT2D eigenvalue weighted by Crippen LogP contribution is 2.19. The predicted octanol–water partition coefficient (Wildman–Crippen LogP) is 1.68. The summed E-state index contributed by atoms with van der Waals surface area (Å²) >= 11 is 0. The Bertz CT molecular complexity index is 554. The quantitative estimate of drug-likeness (QED) is 0.812. The minimum Gasteiger partial charge on any atom is -0.315 e. The molecule has 1 atom stereocenters. The molecule has 3 rings (SSSR count). The summed E-state index contributed by atoms with van der Waals surface area (Å²) in [6.07, 6.45) is 2.21. The lowest BCUT2D eigenvalue weighted by Gasteiger charge is -2.23. The number of imidazole rings is 1. The fraction of sp³-hybridized carbons (Fsp3) is 0.417. The molecule has 0 radical (unpaired) electrons. The molecular formula is C12H16ClN3O. The fourth-order valence-electron chi connectivity index (χ4n) is 2.49. The Morgan fingerprint density at radius 3 is 2.88 bits per heavy atom. The molecule has 1 aliphatic heterocycles. The van der Waals surface area contributed by atoms with Gasteiger partial charge in [-0.15, -0.1) is 12.4 Å². The van der Waals surface area contributed by atoms with Crippen LogP contribution in [-0.4, -0.2) is 22.6 Å². The van der Waals surface area contributed by atoms with E-state index < -0.39 is 0 Å². The van der Waals surface area contributed by atoms with Crippen molar-refractivity contribution in [1.29, 1.82) is 0 Å². The third-order valence-electron chi connectivity index (χ3n) is 3.26. The molecule has 0 unspecified atom stereocenters. The molecule has 0 spiro atoms. The number of halogens is 1. The van der Waals surface area contributed by atoms with Crippen molar-refractivity contribution in [3.8, 4) is 0 Å². The number of nitrogens with zero attached hydrogens (tertiary/aromatic N) is 1. The number of aromatic amines is 1. The highest BCUT2D eigenvalue weighted by atomic mass is 35.5. The van der Waals surface area contributed by atoms with E-state index in [-0.39, 0.29) is 24.1 Å². The molecule has 2 N–H and O–H groups in total. The van der Waals surface area contributed by atoms with Gasteiger partial charge in [0.15, 0.2) is 0 Å². The van der Waals surface area contributed by atoms with Crippen LogP contribution in [-0.2, 0) is 0 Å². The lowest BCUT2D eigenvalue weighted by molar-refractivity contribution is 0.372. The molecule has 1 saturated heterocycles. The minimum atomic E-state index is 0. The molecule has 4 nitrogen and oxygen atoms in total. The van der Waals surface area contributed by atoms with Crippen LogP contribution < -0.4 is 11.0 Å². The van der Waals surface area contributed by atoms with Gasteiger partial charge in [-0.3, -0.25) is 4.57 Å². The summed E-state index contributed by atoms with van der Waals surface area (Å²) in [4.78, 5) is 14.8. The van der Waals surface area contributed by atoms with Crippen LogP contribution in [0.3, 0.4) is 0 Å². The Kier molecular flexibility index (Phi) is 3.54. The number of para-hydroxylation sites is 2. The predicted molar refractivity (Wildman–Crippen MR) is 70.9 cm³/mol. The van der Waals surface area contributed by atoms with Crippen molar-refractivity contribution >= 4 is 23.4 Å². The zero-order valence-corrected chi connectivity index (χ0v) is 10.3. The van der Waals surface area contributed by atoms with E-state index in [0.717, 1.165) is 37.0 Å². The summed E-state index contributed by atoms with van der Waals surface area (Å²) in [5, 5.41) is 3.34. The number of hydrogen-bond donors (Lipinski definition) is 2. The van der Waals surface area contributed by atoms with Crippen LogP contribution in [0.15, 0.2) is 29.1 Å². The first-order valence-electron chi connectivity index (χ1n) is 5.76. The van der Waals surface area contributed by atoms with Crippen LogP contribution in [0.5, 0.6) is 0 Å². The lowest BCUT2D eigenvalue weighted by atomic mass is 10.1. The van der Waals surface area contributed by atoms with Gasteiger partial charge >= 0.3 is 5.69 Å². The lowest BCUT2D eigenvalue weighted by Crippen LogP contribution is -2.35. The Morgan fingerprint density at radius 1 is 1.29 bits per heavy atom. The van der Waals surface area contributed by atoms with Crippen LogP contribution in [0.1, 0.15) is 18.9 Å². The van der Waals surface area contributed by atoms with Crippen LogP contribution in [0.2, 0.25) is 0 Å². The number of rotatable bonds is 1. The monoisotopic (exact) mass is 253 g/mol. The van der Waals surface area contributed by atoms with Crippen LogP contribution in [0.4, 0.5) is 0 Å². The van der Waals surface area contributed by atoms with Crippen molar-refractivity contribution in [3.63, 3.8) is 0 Å². The van der Waals surface area contributed by atoms with Crippen molar-refractivity contribution in [1.82, 2.24) is 14.9 Å². The maximum absolute atomic E-state index is 11.9. The molecule has 1 aromatic carbocycles. The van der Waals surface area contributed by atoms with E-state index in [1.54, 1.807) is 0 Å². The summed E-state index contributed by atoms with van der Waals surface area (Å²) in [6, 6.07) is 8.16. The highest BCUT2D eigenvalue weighted by Gasteiger charge is 2.18. The molecule has 0 amide bonds. The summed E-state index contributed by atoms with van der Waals surface area (Å²) in [5.41, 5.74) is 1.95. The van der Waals surface area contributed by atoms with Crippen molar-refractivity contribution in [2.45, 2.75) is 18.9 Å². The number of hydrogen-bond acceptors (Lipinski definition) is 2. The Hall–Kier alpha value is -1.26. The smallest absolute Gasteiger partial charge is 0.315 e. The molecule has 2 aromatic rings. The van der Waals surface area contributed by atoms with Gasteiger partial charge in [0.25, 0.3) is 0 Å². The highest BCUT2D eigenvalue weighted by molar-refractivity contribution is 5.85. The van der Waals surface area contributed by atoms with Crippen molar-refractivity contribution in [2.24, 2.45) is 0 Å². The Morgan fingerprint density at radius 2 is 2.12 bits per heavy atom. The third-order valence-corrected chi connectivity index (χ3v) is 3.26. The van der Waals surface area contributed by atoms with Gasteiger partial charge in [-0.05, 0) is 31.5 Å². The number of piperidine rings is 1. The number of aromatic nitrogens is 2. The van der Waals surface area contributed by atoms with E-state index in [1.165, 1.54) is 0 Å². The maximum Gasteiger partial charge on any atom is 0.326 e. The van der Waals surface area contributed by atoms with Gasteiger partial charge in [0.1, 0.15) is 0 Å². The van der Waals surface area contributed by atoms with Crippen LogP contribution in [0, 0.1) is 0 Å². The van der Waals surface area contributed by atoms with Gasteiger partial charge in [-0.1, -0.05) is 12.1 Å². The second kappa shape index (κ2) is 4.94. The van der Waals surface area contributed by atoms with Crippen LogP contribution in [0.25, 0.3) is 11.0 Å². The maximum atomic E-state index is 11.9. The van der Waals surface area contributed by atoms with E-state index in [4.69, 9.17) is 0 Å². The second-order valence-corrected chi connectivity index (χ2v) is 4.32. The molecule has 2 heterocycles. The fourth-order valence-corrected chi connectivity index (χ4v) is 2.49. The molecule has 1 aromatic heterocycles. The largest absolute Gasteiger partial charge is 0.326 e. The molecular weight excluding hydrogens is 238 g/mol. The summed E-state index contributed by atoms with van der Waals surface area (Å²) in [5.74, 6) is 0. The molecule has 92 valence electrons. The number of fused-ring (bicyclic) bond motifs is 1. The Labute approximate surface area is 105 Å². The minimum absolute atomic E-state index is 0. The zero-order chi connectivity index (χ0) is 11.0. The van der Waals surface area contributed by atoms with E-state index in [9.17, 15) is 4.79 Å². The molecule has 0 bridgehead atoms. The summed E-state index contributed by atoms with van der Waals surface area (Å²) in [7, 11) is 0. The zero-order valence-electron chi connectivity index (χ0n) is 9.48. The summed E-state index contributed by atoms with van der Waals surface area (Å²) < 4.78 is 1.89. The molecule has 1 fully saturated rings. The van der Waals surface area contributed by atoms with Crippen molar-refractivity contribution in [2.75, 3.05) is 13.1 Å². The molecule has 5 heteroatoms. The first kappa shape index (κ1) is 12.2. The third kappa shape index (κ3) is 2.10. The van der Waals surface area contributed by atoms with E-state index in [2.05, 4.69) is 10.3 Å². The summed E-state index contributed by atoms with van der Waals surface area (Å²) in [6.45, 7) is 1.95. The molecule has 1 aliphatic rings. The Balaban J connectivity index is 0.00000108. The molecule has 0 saturated carbocycles. The normalized spacial score (nSPS) is 20.1.